The van der Waals surface area contributed by atoms with E-state index in [0.29, 0.717) is 18.7 Å². The van der Waals surface area contributed by atoms with Gasteiger partial charge < -0.3 is 14.8 Å². The predicted molar refractivity (Wildman–Crippen MR) is 81.6 cm³/mol. The number of amides is 1. The number of halogens is 2. The molecule has 0 atom stereocenters. The molecule has 0 unspecified atom stereocenters. The summed E-state index contributed by atoms with van der Waals surface area (Å²) < 4.78 is 36.3. The van der Waals surface area contributed by atoms with Crippen molar-refractivity contribution in [1.82, 2.24) is 5.32 Å². The lowest BCUT2D eigenvalue weighted by Gasteiger charge is -2.08. The predicted octanol–water partition coefficient (Wildman–Crippen LogP) is 2.71. The summed E-state index contributed by atoms with van der Waals surface area (Å²) in [6.07, 6.45) is 0.489. The van der Waals surface area contributed by atoms with Crippen LogP contribution in [0.1, 0.15) is 5.56 Å². The van der Waals surface area contributed by atoms with Gasteiger partial charge in [0.05, 0.1) is 7.11 Å². The number of methoxy groups -OCH3 is 1. The maximum Gasteiger partial charge on any atom is 0.257 e. The summed E-state index contributed by atoms with van der Waals surface area (Å²) in [5.74, 6) is -0.503. The molecule has 0 spiro atoms. The van der Waals surface area contributed by atoms with Crippen LogP contribution in [0.15, 0.2) is 42.5 Å². The molecule has 4 nitrogen and oxygen atoms in total. The van der Waals surface area contributed by atoms with Gasteiger partial charge in [-0.05, 0) is 48.4 Å². The first-order valence-corrected chi connectivity index (χ1v) is 7.06. The van der Waals surface area contributed by atoms with Gasteiger partial charge in [-0.1, -0.05) is 6.07 Å². The number of hydrogen-bond donors (Lipinski definition) is 1. The van der Waals surface area contributed by atoms with Crippen molar-refractivity contribution in [1.29, 1.82) is 0 Å². The molecular formula is C17H17F2NO3. The molecule has 0 heterocycles. The van der Waals surface area contributed by atoms with E-state index in [-0.39, 0.29) is 24.1 Å². The summed E-state index contributed by atoms with van der Waals surface area (Å²) in [4.78, 5) is 11.6. The minimum atomic E-state index is -0.434. The van der Waals surface area contributed by atoms with Gasteiger partial charge >= 0.3 is 0 Å². The van der Waals surface area contributed by atoms with Crippen molar-refractivity contribution in [3.05, 3.63) is 59.7 Å². The summed E-state index contributed by atoms with van der Waals surface area (Å²) in [7, 11) is 1.40. The number of hydrogen-bond acceptors (Lipinski definition) is 3. The molecule has 0 fully saturated rings. The van der Waals surface area contributed by atoms with Crippen LogP contribution in [0.25, 0.3) is 0 Å². The number of ether oxygens (including phenoxy) is 2. The Hall–Kier alpha value is -2.63. The van der Waals surface area contributed by atoms with Crippen molar-refractivity contribution in [2.24, 2.45) is 0 Å². The van der Waals surface area contributed by atoms with E-state index < -0.39 is 5.82 Å². The lowest BCUT2D eigenvalue weighted by atomic mass is 10.1. The zero-order valence-electron chi connectivity index (χ0n) is 12.6. The molecule has 0 aromatic heterocycles. The van der Waals surface area contributed by atoms with E-state index >= 15 is 0 Å². The van der Waals surface area contributed by atoms with E-state index in [1.54, 1.807) is 12.1 Å². The second-order valence-corrected chi connectivity index (χ2v) is 4.81. The highest BCUT2D eigenvalue weighted by Crippen LogP contribution is 2.17. The van der Waals surface area contributed by atoms with Crippen molar-refractivity contribution >= 4 is 5.91 Å². The van der Waals surface area contributed by atoms with Gasteiger partial charge in [0.25, 0.3) is 5.91 Å². The van der Waals surface area contributed by atoms with Gasteiger partial charge in [-0.2, -0.15) is 0 Å². The third-order valence-corrected chi connectivity index (χ3v) is 3.14. The van der Waals surface area contributed by atoms with Crippen LogP contribution in [0.2, 0.25) is 0 Å². The average Bonchev–Trinajstić information content (AvgIpc) is 2.54. The van der Waals surface area contributed by atoms with Crippen molar-refractivity contribution in [3.8, 4) is 11.5 Å². The maximum absolute atomic E-state index is 13.5. The lowest BCUT2D eigenvalue weighted by molar-refractivity contribution is -0.123. The monoisotopic (exact) mass is 321 g/mol. The summed E-state index contributed by atoms with van der Waals surface area (Å²) in [5, 5.41) is 2.67. The van der Waals surface area contributed by atoms with Gasteiger partial charge in [-0.3, -0.25) is 4.79 Å². The van der Waals surface area contributed by atoms with Gasteiger partial charge in [0, 0.05) is 6.54 Å². The highest BCUT2D eigenvalue weighted by Gasteiger charge is 2.05. The highest BCUT2D eigenvalue weighted by atomic mass is 19.1. The molecule has 2 aromatic rings. The first-order valence-electron chi connectivity index (χ1n) is 7.06. The van der Waals surface area contributed by atoms with Crippen LogP contribution >= 0.6 is 0 Å². The number of benzene rings is 2. The molecule has 0 saturated carbocycles. The molecule has 23 heavy (non-hydrogen) atoms. The van der Waals surface area contributed by atoms with Gasteiger partial charge in [-0.15, -0.1) is 0 Å². The molecule has 0 saturated heterocycles. The fourth-order valence-corrected chi connectivity index (χ4v) is 1.94. The second kappa shape index (κ2) is 8.12. The van der Waals surface area contributed by atoms with Crippen LogP contribution in [0.4, 0.5) is 8.78 Å². The van der Waals surface area contributed by atoms with Crippen LogP contribution in [0.5, 0.6) is 11.5 Å². The Morgan fingerprint density at radius 1 is 1.13 bits per heavy atom. The lowest BCUT2D eigenvalue weighted by Crippen LogP contribution is -2.30. The van der Waals surface area contributed by atoms with Crippen molar-refractivity contribution in [2.45, 2.75) is 6.42 Å². The smallest absolute Gasteiger partial charge is 0.257 e. The van der Waals surface area contributed by atoms with Crippen LogP contribution < -0.4 is 14.8 Å². The number of rotatable bonds is 7. The minimum absolute atomic E-state index is 0.164. The average molecular weight is 321 g/mol. The molecule has 6 heteroatoms. The number of carbonyl (C=O) groups is 1. The summed E-state index contributed by atoms with van der Waals surface area (Å²) >= 11 is 0. The molecule has 2 aromatic carbocycles. The summed E-state index contributed by atoms with van der Waals surface area (Å²) in [6.45, 7) is 0.194. The third-order valence-electron chi connectivity index (χ3n) is 3.14. The van der Waals surface area contributed by atoms with Crippen LogP contribution in [0, 0.1) is 11.6 Å². The van der Waals surface area contributed by atoms with E-state index in [2.05, 4.69) is 5.32 Å². The van der Waals surface area contributed by atoms with Crippen LogP contribution in [-0.4, -0.2) is 26.2 Å². The van der Waals surface area contributed by atoms with Crippen LogP contribution in [0.3, 0.4) is 0 Å². The molecule has 2 rings (SSSR count). The Kier molecular flexibility index (Phi) is 5.91. The fraction of sp³-hybridized carbons (Fsp3) is 0.235. The SMILES string of the molecule is COc1ccc(CCNC(=O)COc2ccc(F)cc2)cc1F. The van der Waals surface area contributed by atoms with Crippen molar-refractivity contribution in [2.75, 3.05) is 20.3 Å². The zero-order valence-corrected chi connectivity index (χ0v) is 12.6. The molecule has 1 amide bonds. The first kappa shape index (κ1) is 16.7. The normalized spacial score (nSPS) is 10.2. The molecule has 1 N–H and O–H groups in total. The third kappa shape index (κ3) is 5.25. The Balaban J connectivity index is 1.72. The van der Waals surface area contributed by atoms with Crippen molar-refractivity contribution in [3.63, 3.8) is 0 Å². The van der Waals surface area contributed by atoms with Gasteiger partial charge in [0.2, 0.25) is 0 Å². The first-order chi connectivity index (χ1) is 11.1. The standard InChI is InChI=1S/C17H17F2NO3/c1-22-16-7-2-12(10-15(16)19)8-9-20-17(21)11-23-14-5-3-13(18)4-6-14/h2-7,10H,8-9,11H2,1H3,(H,20,21). The summed E-state index contributed by atoms with van der Waals surface area (Å²) in [5.41, 5.74) is 0.753. The van der Waals surface area contributed by atoms with E-state index in [4.69, 9.17) is 9.47 Å². The van der Waals surface area contributed by atoms with Crippen LogP contribution in [-0.2, 0) is 11.2 Å². The van der Waals surface area contributed by atoms with Gasteiger partial charge in [0.1, 0.15) is 11.6 Å². The maximum atomic E-state index is 13.5. The quantitative estimate of drug-likeness (QED) is 0.853. The molecule has 0 aliphatic heterocycles. The highest BCUT2D eigenvalue weighted by molar-refractivity contribution is 5.77. The van der Waals surface area contributed by atoms with E-state index in [1.807, 2.05) is 0 Å². The molecule has 0 aliphatic carbocycles. The Morgan fingerprint density at radius 2 is 1.87 bits per heavy atom. The van der Waals surface area contributed by atoms with E-state index in [9.17, 15) is 13.6 Å². The molecule has 0 radical (unpaired) electrons. The number of carbonyl (C=O) groups excluding carboxylic acids is 1. The topological polar surface area (TPSA) is 47.6 Å². The molecular weight excluding hydrogens is 304 g/mol. The van der Waals surface area contributed by atoms with E-state index in [0.717, 1.165) is 5.56 Å². The van der Waals surface area contributed by atoms with Gasteiger partial charge in [0.15, 0.2) is 18.2 Å². The Labute approximate surface area is 133 Å². The zero-order chi connectivity index (χ0) is 16.7. The molecule has 0 bridgehead atoms. The van der Waals surface area contributed by atoms with Crippen molar-refractivity contribution < 1.29 is 23.0 Å². The molecule has 0 aliphatic rings. The Morgan fingerprint density at radius 3 is 2.52 bits per heavy atom. The van der Waals surface area contributed by atoms with E-state index in [1.165, 1.54) is 37.4 Å². The molecule has 122 valence electrons. The van der Waals surface area contributed by atoms with Gasteiger partial charge in [-0.25, -0.2) is 8.78 Å². The number of nitrogens with one attached hydrogen (secondary N) is 1. The largest absolute Gasteiger partial charge is 0.494 e. The summed E-state index contributed by atoms with van der Waals surface area (Å²) in [6, 6.07) is 10.1. The second-order valence-electron chi connectivity index (χ2n) is 4.81. The fourth-order valence-electron chi connectivity index (χ4n) is 1.94. The minimum Gasteiger partial charge on any atom is -0.494 e. The Bertz CT molecular complexity index is 659.